The van der Waals surface area contributed by atoms with E-state index in [4.69, 9.17) is 0 Å². The number of benzene rings is 2. The van der Waals surface area contributed by atoms with E-state index in [0.717, 1.165) is 11.8 Å². The molecule has 1 saturated heterocycles. The summed E-state index contributed by atoms with van der Waals surface area (Å²) in [7, 11) is -3.26. The number of aromatic nitrogens is 1. The predicted molar refractivity (Wildman–Crippen MR) is 140 cm³/mol. The van der Waals surface area contributed by atoms with Crippen LogP contribution in [0.3, 0.4) is 0 Å². The molecule has 0 aliphatic carbocycles. The average Bonchev–Trinajstić information content (AvgIpc) is 2.89. The average molecular weight is 547 g/mol. The number of hydrogen-bond donors (Lipinski definition) is 0. The Morgan fingerprint density at radius 2 is 1.63 bits per heavy atom. The van der Waals surface area contributed by atoms with Crippen molar-refractivity contribution in [3.63, 3.8) is 0 Å². The summed E-state index contributed by atoms with van der Waals surface area (Å²) in [5, 5.41) is 3.28. The lowest BCUT2D eigenvalue weighted by Gasteiger charge is -2.35. The van der Waals surface area contributed by atoms with Crippen LogP contribution in [0.1, 0.15) is 46.3 Å². The van der Waals surface area contributed by atoms with E-state index >= 15 is 0 Å². The van der Waals surface area contributed by atoms with Crippen molar-refractivity contribution in [3.05, 3.63) is 99.7 Å². The number of halogens is 3. The number of sulfonamides is 1. The van der Waals surface area contributed by atoms with E-state index < -0.39 is 33.7 Å². The maximum absolute atomic E-state index is 14.0. The molecule has 11 heteroatoms. The minimum Gasteiger partial charge on any atom is -0.369 e. The highest BCUT2D eigenvalue weighted by Crippen LogP contribution is 2.42. The van der Waals surface area contributed by atoms with E-state index in [2.05, 4.69) is 10.2 Å². The van der Waals surface area contributed by atoms with Crippen molar-refractivity contribution in [2.75, 3.05) is 37.3 Å². The van der Waals surface area contributed by atoms with Gasteiger partial charge in [0.1, 0.15) is 6.04 Å². The molecule has 7 nitrogen and oxygen atoms in total. The second kappa shape index (κ2) is 11.2. The van der Waals surface area contributed by atoms with Crippen LogP contribution in [0.5, 0.6) is 0 Å². The molecular formula is C27H29F3N4O3S. The second-order valence-corrected chi connectivity index (χ2v) is 11.4. The maximum Gasteiger partial charge on any atom is 0.416 e. The number of pyridine rings is 1. The van der Waals surface area contributed by atoms with Crippen LogP contribution in [-0.4, -0.2) is 50.1 Å². The van der Waals surface area contributed by atoms with E-state index in [1.54, 1.807) is 43.5 Å². The van der Waals surface area contributed by atoms with Gasteiger partial charge in [-0.25, -0.2) is 8.42 Å². The van der Waals surface area contributed by atoms with Gasteiger partial charge in [0, 0.05) is 49.7 Å². The first-order chi connectivity index (χ1) is 18.0. The molecule has 1 aromatic heterocycles. The van der Waals surface area contributed by atoms with Crippen molar-refractivity contribution < 1.29 is 21.6 Å². The Labute approximate surface area is 220 Å². The van der Waals surface area contributed by atoms with Crippen LogP contribution in [0.2, 0.25) is 0 Å². The molecule has 202 valence electrons. The molecular weight excluding hydrogens is 517 g/mol. The van der Waals surface area contributed by atoms with Crippen LogP contribution < -0.4 is 4.90 Å². The van der Waals surface area contributed by atoms with Gasteiger partial charge in [0.05, 0.1) is 11.8 Å². The van der Waals surface area contributed by atoms with Crippen molar-refractivity contribution >= 4 is 15.7 Å². The summed E-state index contributed by atoms with van der Waals surface area (Å²) < 4.78 is 67.0. The molecule has 0 bridgehead atoms. The highest BCUT2D eigenvalue weighted by atomic mass is 32.2. The highest BCUT2D eigenvalue weighted by Gasteiger charge is 2.36. The van der Waals surface area contributed by atoms with Gasteiger partial charge in [0.2, 0.25) is 10.0 Å². The number of aryl methyl sites for hydroxylation is 1. The zero-order valence-electron chi connectivity index (χ0n) is 21.1. The van der Waals surface area contributed by atoms with E-state index in [9.17, 15) is 26.5 Å². The molecule has 0 amide bonds. The van der Waals surface area contributed by atoms with Gasteiger partial charge in [0.15, 0.2) is 0 Å². The highest BCUT2D eigenvalue weighted by molar-refractivity contribution is 7.88. The van der Waals surface area contributed by atoms with Crippen LogP contribution in [0, 0.1) is 11.8 Å². The van der Waals surface area contributed by atoms with Gasteiger partial charge < -0.3 is 4.90 Å². The lowest BCUT2D eigenvalue weighted by atomic mass is 9.82. The monoisotopic (exact) mass is 546 g/mol. The second-order valence-electron chi connectivity index (χ2n) is 9.47. The van der Waals surface area contributed by atoms with Gasteiger partial charge in [0.25, 0.3) is 0 Å². The van der Waals surface area contributed by atoms with Crippen molar-refractivity contribution in [1.82, 2.24) is 9.29 Å². The van der Waals surface area contributed by atoms with Crippen LogP contribution in [0.15, 0.2) is 72.0 Å². The Bertz CT molecular complexity index is 1370. The lowest BCUT2D eigenvalue weighted by molar-refractivity contribution is -0.138. The Kier molecular flexibility index (Phi) is 8.17. The fourth-order valence-corrected chi connectivity index (χ4v) is 5.76. The summed E-state index contributed by atoms with van der Waals surface area (Å²) >= 11 is 0. The summed E-state index contributed by atoms with van der Waals surface area (Å²) in [6, 6.07) is 15.1. The first-order valence-corrected chi connectivity index (χ1v) is 14.0. The maximum atomic E-state index is 14.0. The molecule has 1 aliphatic heterocycles. The summed E-state index contributed by atoms with van der Waals surface area (Å²) in [5.74, 6) is -0.750. The number of alkyl halides is 3. The molecule has 2 atom stereocenters. The lowest BCUT2D eigenvalue weighted by Crippen LogP contribution is -2.48. The quantitative estimate of drug-likeness (QED) is 0.348. The molecule has 0 radical (unpaired) electrons. The number of rotatable bonds is 8. The molecule has 0 N–H and O–H groups in total. The SMILES string of the molecule is Cc1cc(C(CC(c2ccc(N3CCN(S(C)(=O)=O)CC3)cc2)c2ccccc2C(F)(F)F)N=O)ccn1. The molecule has 4 rings (SSSR count). The van der Waals surface area contributed by atoms with E-state index in [-0.39, 0.29) is 12.0 Å². The summed E-state index contributed by atoms with van der Waals surface area (Å²) in [6.45, 7) is 3.51. The molecule has 0 saturated carbocycles. The third kappa shape index (κ3) is 6.39. The normalized spacial score (nSPS) is 16.7. The van der Waals surface area contributed by atoms with Crippen LogP contribution >= 0.6 is 0 Å². The molecule has 2 heterocycles. The van der Waals surface area contributed by atoms with E-state index in [0.29, 0.717) is 43.0 Å². The number of piperazine rings is 1. The third-order valence-corrected chi connectivity index (χ3v) is 8.20. The molecule has 1 aliphatic rings. The van der Waals surface area contributed by atoms with E-state index in [1.165, 1.54) is 22.7 Å². The number of nitrogens with zero attached hydrogens (tertiary/aromatic N) is 4. The van der Waals surface area contributed by atoms with E-state index in [1.807, 2.05) is 17.0 Å². The molecule has 1 fully saturated rings. The minimum absolute atomic E-state index is 0.0480. The van der Waals surface area contributed by atoms with Crippen LogP contribution in [-0.2, 0) is 16.2 Å². The van der Waals surface area contributed by atoms with Gasteiger partial charge >= 0.3 is 6.18 Å². The zero-order valence-corrected chi connectivity index (χ0v) is 21.9. The van der Waals surface area contributed by atoms with Gasteiger partial charge in [-0.1, -0.05) is 35.5 Å². The molecule has 38 heavy (non-hydrogen) atoms. The summed E-state index contributed by atoms with van der Waals surface area (Å²) in [6.07, 6.45) is -1.78. The summed E-state index contributed by atoms with van der Waals surface area (Å²) in [4.78, 5) is 18.1. The fourth-order valence-electron chi connectivity index (χ4n) is 4.94. The first-order valence-electron chi connectivity index (χ1n) is 12.2. The Morgan fingerprint density at radius 3 is 2.21 bits per heavy atom. The predicted octanol–water partition coefficient (Wildman–Crippen LogP) is 5.52. The van der Waals surface area contributed by atoms with Gasteiger partial charge in [-0.3, -0.25) is 4.98 Å². The summed E-state index contributed by atoms with van der Waals surface area (Å²) in [5.41, 5.74) is 2.08. The smallest absolute Gasteiger partial charge is 0.369 e. The molecule has 2 unspecified atom stereocenters. The Morgan fingerprint density at radius 1 is 0.974 bits per heavy atom. The minimum atomic E-state index is -4.56. The van der Waals surface area contributed by atoms with Crippen molar-refractivity contribution in [2.45, 2.75) is 31.5 Å². The number of anilines is 1. The van der Waals surface area contributed by atoms with Crippen molar-refractivity contribution in [1.29, 1.82) is 0 Å². The standard InChI is InChI=1S/C27H29F3N4O3S/c1-19-17-21(11-12-31-19)26(32-35)18-24(23-5-3-4-6-25(23)27(28,29)30)20-7-9-22(10-8-20)33-13-15-34(16-14-33)38(2,36)37/h3-12,17,24,26H,13-16,18H2,1-2H3. The molecule has 2 aromatic carbocycles. The van der Waals surface area contributed by atoms with Crippen LogP contribution in [0.25, 0.3) is 0 Å². The largest absolute Gasteiger partial charge is 0.416 e. The Balaban J connectivity index is 1.67. The van der Waals surface area contributed by atoms with Crippen LogP contribution in [0.4, 0.5) is 18.9 Å². The van der Waals surface area contributed by atoms with Crippen molar-refractivity contribution in [3.8, 4) is 0 Å². The van der Waals surface area contributed by atoms with Gasteiger partial charge in [-0.2, -0.15) is 22.4 Å². The topological polar surface area (TPSA) is 82.9 Å². The third-order valence-electron chi connectivity index (χ3n) is 6.90. The number of hydrogen-bond acceptors (Lipinski definition) is 6. The zero-order chi connectivity index (χ0) is 27.5. The van der Waals surface area contributed by atoms with Gasteiger partial charge in [-0.15, -0.1) is 0 Å². The Hall–Kier alpha value is -3.31. The van der Waals surface area contributed by atoms with Crippen molar-refractivity contribution in [2.24, 2.45) is 5.18 Å². The molecule has 3 aromatic rings. The van der Waals surface area contributed by atoms with Gasteiger partial charge in [-0.05, 0) is 60.4 Å². The molecule has 0 spiro atoms. The number of nitroso groups, excluding NO2 is 1. The fraction of sp³-hybridized carbons (Fsp3) is 0.370. The first kappa shape index (κ1) is 27.7.